The van der Waals surface area contributed by atoms with Gasteiger partial charge >= 0.3 is 0 Å². The summed E-state index contributed by atoms with van der Waals surface area (Å²) in [6.07, 6.45) is 2.39. The lowest BCUT2D eigenvalue weighted by Crippen LogP contribution is -2.16. The largest absolute Gasteiger partial charge is 0.487 e. The Labute approximate surface area is 200 Å². The van der Waals surface area contributed by atoms with Gasteiger partial charge in [-0.15, -0.1) is 10.2 Å². The number of pyridine rings is 1. The highest BCUT2D eigenvalue weighted by molar-refractivity contribution is 7.18. The Balaban J connectivity index is 1.69. The fourth-order valence-electron chi connectivity index (χ4n) is 2.87. The number of aromatic nitrogens is 4. The smallest absolute Gasteiger partial charge is 0.271 e. The number of hydrogen-bond acceptors (Lipinski definition) is 6. The first-order chi connectivity index (χ1) is 15.1. The zero-order valence-corrected chi connectivity index (χ0v) is 19.7. The van der Waals surface area contributed by atoms with Crippen LogP contribution in [0, 0.1) is 0 Å². The second kappa shape index (κ2) is 8.72. The lowest BCUT2D eigenvalue weighted by molar-refractivity contribution is 0.0170. The number of fused-ring (bicyclic) bond motifs is 1. The first-order valence-corrected chi connectivity index (χ1v) is 11.2. The van der Waals surface area contributed by atoms with Crippen molar-refractivity contribution >= 4 is 51.8 Å². The van der Waals surface area contributed by atoms with Crippen molar-refractivity contribution in [2.24, 2.45) is 0 Å². The van der Waals surface area contributed by atoms with Crippen LogP contribution in [-0.2, 0) is 5.92 Å². The minimum absolute atomic E-state index is 0.0996. The third-order valence-electron chi connectivity index (χ3n) is 4.49. The molecule has 0 saturated heterocycles. The number of aliphatic hydroxyl groups excluding tert-OH is 1. The van der Waals surface area contributed by atoms with Gasteiger partial charge < -0.3 is 14.2 Å². The molecule has 168 valence electrons. The second-order valence-corrected chi connectivity index (χ2v) is 9.31. The number of halogens is 5. The van der Waals surface area contributed by atoms with E-state index < -0.39 is 12.0 Å². The van der Waals surface area contributed by atoms with E-state index in [-0.39, 0.29) is 17.2 Å². The van der Waals surface area contributed by atoms with E-state index in [2.05, 4.69) is 15.2 Å². The minimum Gasteiger partial charge on any atom is -0.487 e. The third kappa shape index (κ3) is 4.53. The van der Waals surface area contributed by atoms with E-state index in [9.17, 15) is 8.78 Å². The molecule has 6 nitrogen and oxygen atoms in total. The Hall–Kier alpha value is -2.04. The summed E-state index contributed by atoms with van der Waals surface area (Å²) in [6.45, 7) is 2.33. The molecule has 0 radical (unpaired) electrons. The fourth-order valence-corrected chi connectivity index (χ4v) is 4.47. The van der Waals surface area contributed by atoms with E-state index in [4.69, 9.17) is 44.6 Å². The maximum Gasteiger partial charge on any atom is 0.271 e. The number of ether oxygens (including phenoxy) is 1. The molecule has 0 fully saturated rings. The molecule has 0 spiro atoms. The Kier molecular flexibility index (Phi) is 6.30. The van der Waals surface area contributed by atoms with Gasteiger partial charge in [0.05, 0.1) is 21.7 Å². The monoisotopic (exact) mass is 518 g/mol. The summed E-state index contributed by atoms with van der Waals surface area (Å²) in [7, 11) is 0. The standard InChI is InChI=1S/C20H15Cl3F2N4O2S/c1-9(8-30)31-16-5-12(21)11(4-13(16)22)18-27-28-19(32-18)15-7-29-6-10(20(2,24)25)3-14(23)17(29)26-15/h3-7,9,30H,8H2,1-2H3. The van der Waals surface area contributed by atoms with Gasteiger partial charge in [-0.05, 0) is 19.1 Å². The number of nitrogens with zero attached hydrogens (tertiary/aromatic N) is 4. The van der Waals surface area contributed by atoms with Crippen LogP contribution in [0.25, 0.3) is 26.9 Å². The van der Waals surface area contributed by atoms with E-state index >= 15 is 0 Å². The number of alkyl halides is 2. The lowest BCUT2D eigenvalue weighted by Gasteiger charge is -2.14. The van der Waals surface area contributed by atoms with E-state index in [1.807, 2.05) is 0 Å². The average molecular weight is 520 g/mol. The number of hydrogen-bond donors (Lipinski definition) is 1. The molecule has 4 aromatic rings. The molecule has 1 N–H and O–H groups in total. The third-order valence-corrected chi connectivity index (χ3v) is 6.36. The molecule has 32 heavy (non-hydrogen) atoms. The predicted octanol–water partition coefficient (Wildman–Crippen LogP) is 6.35. The highest BCUT2D eigenvalue weighted by atomic mass is 35.5. The molecule has 3 aromatic heterocycles. The molecule has 1 aromatic carbocycles. The number of rotatable bonds is 6. The normalized spacial score (nSPS) is 13.0. The molecule has 0 amide bonds. The van der Waals surface area contributed by atoms with Crippen molar-refractivity contribution in [2.75, 3.05) is 6.61 Å². The van der Waals surface area contributed by atoms with Gasteiger partial charge in [0.2, 0.25) is 0 Å². The van der Waals surface area contributed by atoms with Gasteiger partial charge in [0.15, 0.2) is 10.7 Å². The lowest BCUT2D eigenvalue weighted by atomic mass is 10.2. The van der Waals surface area contributed by atoms with Crippen LogP contribution in [0.2, 0.25) is 15.1 Å². The number of benzene rings is 1. The van der Waals surface area contributed by atoms with Crippen molar-refractivity contribution < 1.29 is 18.6 Å². The highest BCUT2D eigenvalue weighted by Gasteiger charge is 2.26. The highest BCUT2D eigenvalue weighted by Crippen LogP contribution is 2.40. The van der Waals surface area contributed by atoms with Crippen molar-refractivity contribution in [3.05, 3.63) is 51.2 Å². The Morgan fingerprint density at radius 1 is 1.09 bits per heavy atom. The van der Waals surface area contributed by atoms with Crippen LogP contribution >= 0.6 is 46.1 Å². The Morgan fingerprint density at radius 3 is 2.50 bits per heavy atom. The molecule has 0 aliphatic rings. The summed E-state index contributed by atoms with van der Waals surface area (Å²) in [5.74, 6) is -2.70. The van der Waals surface area contributed by atoms with Crippen LogP contribution in [0.4, 0.5) is 8.78 Å². The number of imidazole rings is 1. The molecule has 1 atom stereocenters. The topological polar surface area (TPSA) is 72.5 Å². The molecular formula is C20H15Cl3F2N4O2S. The van der Waals surface area contributed by atoms with Crippen LogP contribution in [0.3, 0.4) is 0 Å². The van der Waals surface area contributed by atoms with Crippen LogP contribution in [0.5, 0.6) is 5.75 Å². The van der Waals surface area contributed by atoms with Crippen LogP contribution in [-0.4, -0.2) is 37.4 Å². The van der Waals surface area contributed by atoms with Gasteiger partial charge in [0.1, 0.15) is 22.6 Å². The van der Waals surface area contributed by atoms with Crippen LogP contribution in [0.15, 0.2) is 30.6 Å². The molecule has 0 aliphatic carbocycles. The van der Waals surface area contributed by atoms with E-state index in [1.54, 1.807) is 25.3 Å². The first-order valence-electron chi connectivity index (χ1n) is 9.24. The van der Waals surface area contributed by atoms with Gasteiger partial charge in [0, 0.05) is 36.5 Å². The SMILES string of the molecule is CC(CO)Oc1cc(Cl)c(-c2nnc(-c3cn4cc(C(C)(F)F)cc(Cl)c4n3)s2)cc1Cl. The van der Waals surface area contributed by atoms with Gasteiger partial charge in [0.25, 0.3) is 5.92 Å². The van der Waals surface area contributed by atoms with Gasteiger partial charge in [-0.1, -0.05) is 46.1 Å². The van der Waals surface area contributed by atoms with E-state index in [1.165, 1.54) is 28.0 Å². The fraction of sp³-hybridized carbons (Fsp3) is 0.250. The summed E-state index contributed by atoms with van der Waals surface area (Å²) in [5, 5.41) is 19.1. The van der Waals surface area contributed by atoms with E-state index in [0.717, 1.165) is 6.92 Å². The van der Waals surface area contributed by atoms with E-state index in [0.29, 0.717) is 42.7 Å². The molecule has 3 heterocycles. The Bertz CT molecular complexity index is 1310. The van der Waals surface area contributed by atoms with Crippen molar-refractivity contribution in [2.45, 2.75) is 25.9 Å². The average Bonchev–Trinajstić information content (AvgIpc) is 3.37. The maximum atomic E-state index is 13.7. The molecule has 0 saturated carbocycles. The van der Waals surface area contributed by atoms with Gasteiger partial charge in [-0.2, -0.15) is 0 Å². The zero-order valence-electron chi connectivity index (χ0n) is 16.6. The first kappa shape index (κ1) is 23.1. The summed E-state index contributed by atoms with van der Waals surface area (Å²) < 4.78 is 34.4. The molecule has 0 bridgehead atoms. The Morgan fingerprint density at radius 2 is 1.81 bits per heavy atom. The molecule has 12 heteroatoms. The van der Waals surface area contributed by atoms with Gasteiger partial charge in [-0.25, -0.2) is 13.8 Å². The van der Waals surface area contributed by atoms with Crippen molar-refractivity contribution in [1.29, 1.82) is 0 Å². The molecule has 0 aliphatic heterocycles. The summed E-state index contributed by atoms with van der Waals surface area (Å²) in [6, 6.07) is 4.34. The number of aliphatic hydroxyl groups is 1. The van der Waals surface area contributed by atoms with Crippen molar-refractivity contribution in [3.8, 4) is 27.0 Å². The molecular weight excluding hydrogens is 505 g/mol. The van der Waals surface area contributed by atoms with Crippen molar-refractivity contribution in [3.63, 3.8) is 0 Å². The quantitative estimate of drug-likeness (QED) is 0.321. The zero-order chi connectivity index (χ0) is 23.2. The van der Waals surface area contributed by atoms with Crippen molar-refractivity contribution in [1.82, 2.24) is 19.6 Å². The van der Waals surface area contributed by atoms with Gasteiger partial charge in [-0.3, -0.25) is 0 Å². The predicted molar refractivity (Wildman–Crippen MR) is 121 cm³/mol. The minimum atomic E-state index is -3.04. The molecule has 1 unspecified atom stereocenters. The van der Waals surface area contributed by atoms with Crippen LogP contribution < -0.4 is 4.74 Å². The maximum absolute atomic E-state index is 13.7. The van der Waals surface area contributed by atoms with Crippen LogP contribution in [0.1, 0.15) is 19.4 Å². The second-order valence-electron chi connectivity index (χ2n) is 7.11. The summed E-state index contributed by atoms with van der Waals surface area (Å²) in [5.41, 5.74) is 1.06. The molecule has 4 rings (SSSR count). The summed E-state index contributed by atoms with van der Waals surface area (Å²) in [4.78, 5) is 4.40. The summed E-state index contributed by atoms with van der Waals surface area (Å²) >= 11 is 20.1.